The number of ether oxygens (including phenoxy) is 1. The smallest absolute Gasteiger partial charge is 0.343 e. The highest BCUT2D eigenvalue weighted by molar-refractivity contribution is 5.93. The molecule has 1 unspecified atom stereocenters. The minimum Gasteiger partial charge on any atom is -0.462 e. The number of hydrogen-bond acceptors (Lipinski definition) is 7. The molecule has 1 saturated heterocycles. The van der Waals surface area contributed by atoms with E-state index in [2.05, 4.69) is 15.3 Å². The number of fused-ring (bicyclic) bond motifs is 1. The first-order valence-corrected chi connectivity index (χ1v) is 10.6. The third-order valence-corrected chi connectivity index (χ3v) is 5.89. The first-order chi connectivity index (χ1) is 15.1. The van der Waals surface area contributed by atoms with E-state index in [1.54, 1.807) is 24.0 Å². The van der Waals surface area contributed by atoms with Gasteiger partial charge in [-0.1, -0.05) is 5.21 Å². The topological polar surface area (TPSA) is 95.1 Å². The van der Waals surface area contributed by atoms with Gasteiger partial charge in [0.15, 0.2) is 11.6 Å². The standard InChI is InChI=1S/C21H23FN6O3/c1-2-31-21(30)16-12-27(13-5-6-13)19-15(18(16)29)10-17(22)20(24-19)26-8-3-4-14(11-26)28-9-7-23-25-28/h7,9-10,12-14H,2-6,8,11H2,1H3. The summed E-state index contributed by atoms with van der Waals surface area (Å²) in [4.78, 5) is 31.7. The van der Waals surface area contributed by atoms with E-state index in [0.29, 0.717) is 18.7 Å². The van der Waals surface area contributed by atoms with Crippen molar-refractivity contribution in [3.05, 3.63) is 46.3 Å². The molecule has 0 bridgehead atoms. The summed E-state index contributed by atoms with van der Waals surface area (Å²) in [5.41, 5.74) is -0.235. The fourth-order valence-corrected chi connectivity index (χ4v) is 4.22. The number of aromatic nitrogens is 5. The molecule has 3 aromatic heterocycles. The molecule has 2 aliphatic rings. The summed E-state index contributed by atoms with van der Waals surface area (Å²) < 4.78 is 23.8. The van der Waals surface area contributed by atoms with E-state index in [0.717, 1.165) is 25.7 Å². The predicted molar refractivity (Wildman–Crippen MR) is 111 cm³/mol. The van der Waals surface area contributed by atoms with Crippen LogP contribution in [0.5, 0.6) is 0 Å². The maximum Gasteiger partial charge on any atom is 0.343 e. The van der Waals surface area contributed by atoms with Crippen molar-refractivity contribution < 1.29 is 13.9 Å². The minimum absolute atomic E-state index is 0.0740. The van der Waals surface area contributed by atoms with Gasteiger partial charge < -0.3 is 14.2 Å². The zero-order valence-corrected chi connectivity index (χ0v) is 17.2. The molecular formula is C21H23FN6O3. The van der Waals surface area contributed by atoms with Crippen LogP contribution >= 0.6 is 0 Å². The first-order valence-electron chi connectivity index (χ1n) is 10.6. The Labute approximate surface area is 177 Å². The monoisotopic (exact) mass is 426 g/mol. The quantitative estimate of drug-likeness (QED) is 0.579. The first kappa shape index (κ1) is 19.7. The Morgan fingerprint density at radius 3 is 2.84 bits per heavy atom. The van der Waals surface area contributed by atoms with Crippen LogP contribution in [0.15, 0.2) is 29.5 Å². The molecule has 162 valence electrons. The number of hydrogen-bond donors (Lipinski definition) is 0. The maximum absolute atomic E-state index is 15.2. The Morgan fingerprint density at radius 1 is 1.29 bits per heavy atom. The van der Waals surface area contributed by atoms with Gasteiger partial charge in [0.2, 0.25) is 5.43 Å². The van der Waals surface area contributed by atoms with Gasteiger partial charge in [-0.25, -0.2) is 18.9 Å². The highest BCUT2D eigenvalue weighted by Gasteiger charge is 2.30. The maximum atomic E-state index is 15.2. The van der Waals surface area contributed by atoms with Crippen molar-refractivity contribution in [2.24, 2.45) is 0 Å². The zero-order chi connectivity index (χ0) is 21.5. The molecule has 1 atom stereocenters. The van der Waals surface area contributed by atoms with Crippen molar-refractivity contribution in [1.82, 2.24) is 24.5 Å². The van der Waals surface area contributed by atoms with Crippen LogP contribution in [0.25, 0.3) is 11.0 Å². The second-order valence-electron chi connectivity index (χ2n) is 8.02. The number of nitrogens with zero attached hydrogens (tertiary/aromatic N) is 6. The van der Waals surface area contributed by atoms with Crippen LogP contribution in [0.4, 0.5) is 10.2 Å². The van der Waals surface area contributed by atoms with Crippen molar-refractivity contribution in [3.63, 3.8) is 0 Å². The predicted octanol–water partition coefficient (Wildman–Crippen LogP) is 2.48. The van der Waals surface area contributed by atoms with Crippen molar-refractivity contribution in [2.45, 2.75) is 44.7 Å². The molecule has 4 heterocycles. The molecule has 1 saturated carbocycles. The van der Waals surface area contributed by atoms with E-state index in [4.69, 9.17) is 4.74 Å². The van der Waals surface area contributed by atoms with Crippen molar-refractivity contribution in [3.8, 4) is 0 Å². The molecule has 5 rings (SSSR count). The molecule has 31 heavy (non-hydrogen) atoms. The Kier molecular flexibility index (Phi) is 4.91. The number of pyridine rings is 2. The third-order valence-electron chi connectivity index (χ3n) is 5.89. The third kappa shape index (κ3) is 3.55. The number of rotatable bonds is 5. The molecule has 0 radical (unpaired) electrons. The lowest BCUT2D eigenvalue weighted by Crippen LogP contribution is -2.38. The number of esters is 1. The number of carbonyl (C=O) groups is 1. The van der Waals surface area contributed by atoms with Gasteiger partial charge in [0.1, 0.15) is 11.2 Å². The molecule has 1 aliphatic carbocycles. The normalized spacial score (nSPS) is 19.0. The minimum atomic E-state index is -0.694. The molecular weight excluding hydrogens is 403 g/mol. The van der Waals surface area contributed by atoms with Gasteiger partial charge in [-0.05, 0) is 38.7 Å². The Balaban J connectivity index is 1.58. The second-order valence-corrected chi connectivity index (χ2v) is 8.02. The lowest BCUT2D eigenvalue weighted by Gasteiger charge is -2.33. The molecule has 0 amide bonds. The van der Waals surface area contributed by atoms with Crippen molar-refractivity contribution in [1.29, 1.82) is 0 Å². The summed E-state index contributed by atoms with van der Waals surface area (Å²) in [5, 5.41) is 8.04. The molecule has 9 nitrogen and oxygen atoms in total. The Morgan fingerprint density at radius 2 is 2.13 bits per heavy atom. The molecule has 0 spiro atoms. The Bertz CT molecular complexity index is 1190. The summed E-state index contributed by atoms with van der Waals surface area (Å²) in [6.07, 6.45) is 8.58. The van der Waals surface area contributed by atoms with Crippen LogP contribution in [-0.4, -0.2) is 50.2 Å². The van der Waals surface area contributed by atoms with E-state index in [1.165, 1.54) is 12.3 Å². The fourth-order valence-electron chi connectivity index (χ4n) is 4.22. The molecule has 3 aromatic rings. The highest BCUT2D eigenvalue weighted by Crippen LogP contribution is 2.37. The zero-order valence-electron chi connectivity index (χ0n) is 17.2. The highest BCUT2D eigenvalue weighted by atomic mass is 19.1. The van der Waals surface area contributed by atoms with Gasteiger partial charge in [0.25, 0.3) is 0 Å². The second kappa shape index (κ2) is 7.75. The van der Waals surface area contributed by atoms with E-state index in [-0.39, 0.29) is 35.5 Å². The Hall–Kier alpha value is -3.30. The number of carbonyl (C=O) groups excluding carboxylic acids is 1. The largest absolute Gasteiger partial charge is 0.462 e. The molecule has 1 aliphatic heterocycles. The average Bonchev–Trinajstić information content (AvgIpc) is 3.46. The molecule has 10 heteroatoms. The average molecular weight is 426 g/mol. The van der Waals surface area contributed by atoms with Crippen LogP contribution in [-0.2, 0) is 4.74 Å². The number of halogens is 1. The van der Waals surface area contributed by atoms with Gasteiger partial charge in [0, 0.05) is 31.5 Å². The number of anilines is 1. The van der Waals surface area contributed by atoms with Gasteiger partial charge in [-0.3, -0.25) is 4.79 Å². The molecule has 0 N–H and O–H groups in total. The summed E-state index contributed by atoms with van der Waals surface area (Å²) in [6.45, 7) is 3.05. The summed E-state index contributed by atoms with van der Waals surface area (Å²) in [7, 11) is 0. The van der Waals surface area contributed by atoms with E-state index in [9.17, 15) is 9.59 Å². The summed E-state index contributed by atoms with van der Waals surface area (Å²) in [6, 6.07) is 1.43. The number of piperidine rings is 1. The van der Waals surface area contributed by atoms with Crippen molar-refractivity contribution >= 4 is 22.8 Å². The summed E-state index contributed by atoms with van der Waals surface area (Å²) >= 11 is 0. The van der Waals surface area contributed by atoms with Crippen molar-refractivity contribution in [2.75, 3.05) is 24.6 Å². The van der Waals surface area contributed by atoms with Crippen LogP contribution in [0.1, 0.15) is 55.0 Å². The van der Waals surface area contributed by atoms with E-state index < -0.39 is 17.2 Å². The summed E-state index contributed by atoms with van der Waals surface area (Å²) in [5.74, 6) is -1.05. The van der Waals surface area contributed by atoms with Gasteiger partial charge in [-0.2, -0.15) is 0 Å². The van der Waals surface area contributed by atoms with Gasteiger partial charge >= 0.3 is 5.97 Å². The van der Waals surface area contributed by atoms with Crippen LogP contribution in [0.3, 0.4) is 0 Å². The molecule has 2 fully saturated rings. The van der Waals surface area contributed by atoms with Gasteiger partial charge in [-0.15, -0.1) is 5.10 Å². The molecule has 0 aromatic carbocycles. The van der Waals surface area contributed by atoms with Crippen LogP contribution in [0.2, 0.25) is 0 Å². The van der Waals surface area contributed by atoms with Crippen LogP contribution < -0.4 is 10.3 Å². The van der Waals surface area contributed by atoms with E-state index >= 15 is 4.39 Å². The van der Waals surface area contributed by atoms with E-state index in [1.807, 2.05) is 9.47 Å². The fraction of sp³-hybridized carbons (Fsp3) is 0.476. The van der Waals surface area contributed by atoms with Crippen LogP contribution in [0, 0.1) is 5.82 Å². The SMILES string of the molecule is CCOC(=O)c1cn(C2CC2)c2nc(N3CCCC(n4ccnn4)C3)c(F)cc2c1=O. The lowest BCUT2D eigenvalue weighted by molar-refractivity contribution is 0.0524. The lowest BCUT2D eigenvalue weighted by atomic mass is 10.1. The van der Waals surface area contributed by atoms with Gasteiger partial charge in [0.05, 0.1) is 24.2 Å².